The van der Waals surface area contributed by atoms with Crippen molar-refractivity contribution < 1.29 is 19.4 Å². The maximum atomic E-state index is 12.7. The second-order valence-electron chi connectivity index (χ2n) is 6.93. The maximum absolute atomic E-state index is 12.7. The lowest BCUT2D eigenvalue weighted by atomic mass is 9.89. The van der Waals surface area contributed by atoms with Crippen molar-refractivity contribution in [3.8, 4) is 5.75 Å². The largest absolute Gasteiger partial charge is 0.497 e. The summed E-state index contributed by atoms with van der Waals surface area (Å²) in [5.74, 6) is 0.931. The molecule has 2 fully saturated rings. The van der Waals surface area contributed by atoms with Crippen molar-refractivity contribution in [1.29, 1.82) is 0 Å². The summed E-state index contributed by atoms with van der Waals surface area (Å²) in [4.78, 5) is 29.7. The van der Waals surface area contributed by atoms with E-state index >= 15 is 0 Å². The summed E-state index contributed by atoms with van der Waals surface area (Å²) >= 11 is 0. The normalized spacial score (nSPS) is 25.0. The fourth-order valence-electron chi connectivity index (χ4n) is 4.03. The number of rotatable bonds is 3. The van der Waals surface area contributed by atoms with Crippen LogP contribution in [0.4, 0.5) is 4.79 Å². The van der Waals surface area contributed by atoms with Crippen molar-refractivity contribution >= 4 is 11.9 Å². The topological polar surface area (TPSA) is 73.3 Å². The molecule has 25 heavy (non-hydrogen) atoms. The molecule has 3 atom stereocenters. The summed E-state index contributed by atoms with van der Waals surface area (Å²) in [5.41, 5.74) is 1.04. The second kappa shape index (κ2) is 6.92. The molecule has 3 amide bonds. The molecule has 0 aromatic heterocycles. The lowest BCUT2D eigenvalue weighted by Gasteiger charge is -2.31. The van der Waals surface area contributed by atoms with Gasteiger partial charge in [0.15, 0.2) is 0 Å². The Morgan fingerprint density at radius 3 is 2.44 bits per heavy atom. The van der Waals surface area contributed by atoms with Crippen LogP contribution < -0.4 is 4.74 Å². The number of likely N-dealkylation sites (tertiary alicyclic amines) is 2. The van der Waals surface area contributed by atoms with Gasteiger partial charge in [0.25, 0.3) is 0 Å². The summed E-state index contributed by atoms with van der Waals surface area (Å²) < 4.78 is 5.22. The van der Waals surface area contributed by atoms with Gasteiger partial charge in [0.1, 0.15) is 12.4 Å². The Morgan fingerprint density at radius 2 is 1.88 bits per heavy atom. The highest BCUT2D eigenvalue weighted by Gasteiger charge is 2.50. The zero-order valence-electron chi connectivity index (χ0n) is 14.9. The van der Waals surface area contributed by atoms with Gasteiger partial charge in [-0.15, -0.1) is 0 Å². The first-order chi connectivity index (χ1) is 12.0. The van der Waals surface area contributed by atoms with Gasteiger partial charge in [0, 0.05) is 45.6 Å². The zero-order valence-corrected chi connectivity index (χ0v) is 14.9. The minimum atomic E-state index is -0.465. The van der Waals surface area contributed by atoms with Gasteiger partial charge in [-0.25, -0.2) is 4.79 Å². The molecule has 7 heteroatoms. The van der Waals surface area contributed by atoms with Gasteiger partial charge in [-0.3, -0.25) is 4.79 Å². The third-order valence-corrected chi connectivity index (χ3v) is 5.24. The van der Waals surface area contributed by atoms with Gasteiger partial charge in [-0.1, -0.05) is 12.1 Å². The summed E-state index contributed by atoms with van der Waals surface area (Å²) in [6, 6.07) is 7.66. The molecule has 136 valence electrons. The van der Waals surface area contributed by atoms with Crippen molar-refractivity contribution in [2.75, 3.05) is 47.4 Å². The molecule has 0 radical (unpaired) electrons. The number of aliphatic hydroxyl groups excluding tert-OH is 1. The number of methoxy groups -OCH3 is 1. The quantitative estimate of drug-likeness (QED) is 0.878. The van der Waals surface area contributed by atoms with Crippen LogP contribution in [-0.2, 0) is 4.79 Å². The smallest absolute Gasteiger partial charge is 0.320 e. The molecule has 1 N–H and O–H groups in total. The molecule has 0 saturated carbocycles. The van der Waals surface area contributed by atoms with E-state index in [-0.39, 0.29) is 29.8 Å². The molecule has 2 aliphatic heterocycles. The van der Waals surface area contributed by atoms with Crippen LogP contribution in [0.5, 0.6) is 5.75 Å². The minimum absolute atomic E-state index is 0.0183. The average Bonchev–Trinajstić information content (AvgIpc) is 3.18. The fourth-order valence-corrected chi connectivity index (χ4v) is 4.03. The van der Waals surface area contributed by atoms with E-state index in [0.717, 1.165) is 11.3 Å². The van der Waals surface area contributed by atoms with E-state index in [1.54, 1.807) is 31.0 Å². The summed E-state index contributed by atoms with van der Waals surface area (Å²) in [5, 5.41) is 9.14. The van der Waals surface area contributed by atoms with Crippen LogP contribution in [0.2, 0.25) is 0 Å². The van der Waals surface area contributed by atoms with Crippen molar-refractivity contribution in [3.63, 3.8) is 0 Å². The molecule has 1 aromatic rings. The lowest BCUT2D eigenvalue weighted by molar-refractivity contribution is -0.133. The van der Waals surface area contributed by atoms with Crippen molar-refractivity contribution in [1.82, 2.24) is 14.7 Å². The number of hydrogen-bond acceptors (Lipinski definition) is 4. The first-order valence-corrected chi connectivity index (χ1v) is 8.46. The highest BCUT2D eigenvalue weighted by atomic mass is 16.5. The molecular formula is C18H25N3O4. The van der Waals surface area contributed by atoms with E-state index in [2.05, 4.69) is 0 Å². The Kier molecular flexibility index (Phi) is 4.85. The number of hydrogen-bond donors (Lipinski definition) is 1. The Hall–Kier alpha value is -2.28. The van der Waals surface area contributed by atoms with E-state index in [4.69, 9.17) is 9.84 Å². The summed E-state index contributed by atoms with van der Waals surface area (Å²) in [7, 11) is 5.13. The number of benzene rings is 1. The zero-order chi connectivity index (χ0) is 18.1. The molecule has 2 heterocycles. The van der Waals surface area contributed by atoms with E-state index in [1.165, 1.54) is 0 Å². The van der Waals surface area contributed by atoms with E-state index < -0.39 is 6.61 Å². The predicted octanol–water partition coefficient (Wildman–Crippen LogP) is 0.800. The van der Waals surface area contributed by atoms with Crippen molar-refractivity contribution in [2.24, 2.45) is 11.8 Å². The standard InChI is InChI=1S/C18H25N3O4/c1-19(2)18(24)21-9-13-8-20(16(23)11-22)10-15(13)17(21)12-4-6-14(25-3)7-5-12/h4-7,13,15,17,22H,8-11H2,1-3H3/t13-,15-,17+/m1/s1. The van der Waals surface area contributed by atoms with E-state index in [9.17, 15) is 9.59 Å². The number of ether oxygens (including phenoxy) is 1. The SMILES string of the molecule is COc1ccc([C@H]2[C@@H]3CN(C(=O)CO)C[C@@H]3CN2C(=O)N(C)C)cc1. The molecule has 1 aromatic carbocycles. The van der Waals surface area contributed by atoms with Gasteiger partial charge in [-0.05, 0) is 17.7 Å². The Labute approximate surface area is 147 Å². The average molecular weight is 347 g/mol. The van der Waals surface area contributed by atoms with E-state index in [0.29, 0.717) is 19.6 Å². The van der Waals surface area contributed by atoms with Crippen LogP contribution in [0.1, 0.15) is 11.6 Å². The molecule has 7 nitrogen and oxygen atoms in total. The Morgan fingerprint density at radius 1 is 1.20 bits per heavy atom. The molecule has 0 bridgehead atoms. The monoisotopic (exact) mass is 347 g/mol. The van der Waals surface area contributed by atoms with Gasteiger partial charge in [0.2, 0.25) is 5.91 Å². The first-order valence-electron chi connectivity index (χ1n) is 8.46. The van der Waals surface area contributed by atoms with Crippen LogP contribution in [0, 0.1) is 11.8 Å². The first kappa shape index (κ1) is 17.5. The third-order valence-electron chi connectivity index (χ3n) is 5.24. The molecule has 3 rings (SSSR count). The number of nitrogens with zero attached hydrogens (tertiary/aromatic N) is 3. The van der Waals surface area contributed by atoms with Crippen molar-refractivity contribution in [2.45, 2.75) is 6.04 Å². The molecule has 0 unspecified atom stereocenters. The fraction of sp³-hybridized carbons (Fsp3) is 0.556. The number of carbonyl (C=O) groups excluding carboxylic acids is 2. The molecule has 2 aliphatic rings. The molecular weight excluding hydrogens is 322 g/mol. The molecule has 2 saturated heterocycles. The summed E-state index contributed by atoms with van der Waals surface area (Å²) in [6.45, 7) is 1.31. The van der Waals surface area contributed by atoms with Crippen LogP contribution in [0.25, 0.3) is 0 Å². The summed E-state index contributed by atoms with van der Waals surface area (Å²) in [6.07, 6.45) is 0. The van der Waals surface area contributed by atoms with Crippen molar-refractivity contribution in [3.05, 3.63) is 29.8 Å². The highest BCUT2D eigenvalue weighted by Crippen LogP contribution is 2.45. The predicted molar refractivity (Wildman–Crippen MR) is 92.2 cm³/mol. The number of fused-ring (bicyclic) bond motifs is 1. The number of carbonyl (C=O) groups is 2. The van der Waals surface area contributed by atoms with Crippen LogP contribution in [-0.4, -0.2) is 79.2 Å². The van der Waals surface area contributed by atoms with Crippen LogP contribution in [0.15, 0.2) is 24.3 Å². The lowest BCUT2D eigenvalue weighted by Crippen LogP contribution is -2.42. The number of urea groups is 1. The van der Waals surface area contributed by atoms with Crippen LogP contribution in [0.3, 0.4) is 0 Å². The van der Waals surface area contributed by atoms with Gasteiger partial charge >= 0.3 is 6.03 Å². The molecule has 0 spiro atoms. The van der Waals surface area contributed by atoms with Gasteiger partial charge < -0.3 is 24.5 Å². The Bertz CT molecular complexity index is 646. The third kappa shape index (κ3) is 3.16. The minimum Gasteiger partial charge on any atom is -0.497 e. The highest BCUT2D eigenvalue weighted by molar-refractivity contribution is 5.78. The molecule has 0 aliphatic carbocycles. The Balaban J connectivity index is 1.90. The second-order valence-corrected chi connectivity index (χ2v) is 6.93. The van der Waals surface area contributed by atoms with Gasteiger partial charge in [0.05, 0.1) is 13.2 Å². The number of aliphatic hydroxyl groups is 1. The number of amides is 3. The van der Waals surface area contributed by atoms with Gasteiger partial charge in [-0.2, -0.15) is 0 Å². The maximum Gasteiger partial charge on any atom is 0.320 e. The van der Waals surface area contributed by atoms with E-state index in [1.807, 2.05) is 29.2 Å². The van der Waals surface area contributed by atoms with Crippen LogP contribution >= 0.6 is 0 Å².